The zero-order chi connectivity index (χ0) is 14.9. The van der Waals surface area contributed by atoms with Crippen LogP contribution in [0, 0.1) is 0 Å². The van der Waals surface area contributed by atoms with Crippen molar-refractivity contribution in [3.63, 3.8) is 0 Å². The molecule has 0 radical (unpaired) electrons. The molecule has 22 heavy (non-hydrogen) atoms. The van der Waals surface area contributed by atoms with E-state index in [1.54, 1.807) is 11.3 Å². The van der Waals surface area contributed by atoms with E-state index >= 15 is 0 Å². The van der Waals surface area contributed by atoms with E-state index in [0.717, 1.165) is 48.3 Å². The van der Waals surface area contributed by atoms with Gasteiger partial charge in [0.2, 0.25) is 5.91 Å². The van der Waals surface area contributed by atoms with E-state index in [4.69, 9.17) is 0 Å². The Morgan fingerprint density at radius 3 is 2.91 bits per heavy atom. The van der Waals surface area contributed by atoms with Crippen molar-refractivity contribution in [3.05, 3.63) is 36.5 Å². The lowest BCUT2D eigenvalue weighted by Crippen LogP contribution is -2.64. The van der Waals surface area contributed by atoms with Gasteiger partial charge in [0.15, 0.2) is 5.13 Å². The first-order valence-corrected chi connectivity index (χ1v) is 8.42. The zero-order valence-electron chi connectivity index (χ0n) is 12.2. The Bertz CT molecular complexity index is 672. The third-order valence-corrected chi connectivity index (χ3v) is 5.37. The molecule has 3 heterocycles. The molecule has 0 spiro atoms. The fraction of sp³-hybridized carbons (Fsp3) is 0.375. The summed E-state index contributed by atoms with van der Waals surface area (Å²) in [5, 5.41) is 4.13. The molecule has 2 aliphatic rings. The van der Waals surface area contributed by atoms with Gasteiger partial charge in [-0.1, -0.05) is 41.7 Å². The lowest BCUT2D eigenvalue weighted by molar-refractivity contribution is -0.126. The molecule has 1 atom stereocenters. The van der Waals surface area contributed by atoms with Crippen LogP contribution in [0.5, 0.6) is 0 Å². The van der Waals surface area contributed by atoms with Crippen molar-refractivity contribution < 1.29 is 4.79 Å². The second kappa shape index (κ2) is 5.79. The molecular weight excluding hydrogens is 296 g/mol. The molecule has 2 aliphatic heterocycles. The summed E-state index contributed by atoms with van der Waals surface area (Å²) in [6.07, 6.45) is 1.87. The van der Waals surface area contributed by atoms with Gasteiger partial charge in [-0.05, 0) is 5.56 Å². The van der Waals surface area contributed by atoms with Crippen LogP contribution < -0.4 is 10.2 Å². The van der Waals surface area contributed by atoms with Crippen LogP contribution in [0.4, 0.5) is 5.13 Å². The topological polar surface area (TPSA) is 48.5 Å². The number of rotatable bonds is 2. The first-order valence-electron chi connectivity index (χ1n) is 7.60. The first kappa shape index (κ1) is 13.9. The Kier molecular flexibility index (Phi) is 3.65. The number of hydrogen-bond acceptors (Lipinski definition) is 5. The van der Waals surface area contributed by atoms with Gasteiger partial charge in [0, 0.05) is 38.9 Å². The van der Waals surface area contributed by atoms with Crippen molar-refractivity contribution >= 4 is 22.4 Å². The minimum absolute atomic E-state index is 0.0356. The van der Waals surface area contributed by atoms with Crippen LogP contribution in [0.25, 0.3) is 10.4 Å². The molecule has 114 valence electrons. The summed E-state index contributed by atoms with van der Waals surface area (Å²) >= 11 is 1.59. The first-order chi connectivity index (χ1) is 10.8. The molecule has 2 saturated heterocycles. The highest BCUT2D eigenvalue weighted by molar-refractivity contribution is 7.19. The van der Waals surface area contributed by atoms with Gasteiger partial charge in [-0.3, -0.25) is 14.6 Å². The van der Waals surface area contributed by atoms with Gasteiger partial charge < -0.3 is 5.32 Å². The molecule has 0 bridgehead atoms. The number of nitrogens with zero attached hydrogens (tertiary/aromatic N) is 3. The molecular formula is C16H18N4OS. The quantitative estimate of drug-likeness (QED) is 0.911. The van der Waals surface area contributed by atoms with Crippen LogP contribution in [0.15, 0.2) is 36.5 Å². The third kappa shape index (κ3) is 2.43. The molecule has 2 aromatic rings. The molecule has 6 heteroatoms. The molecule has 1 N–H and O–H groups in total. The Morgan fingerprint density at radius 2 is 2.05 bits per heavy atom. The van der Waals surface area contributed by atoms with Crippen molar-refractivity contribution in [2.75, 3.05) is 37.6 Å². The summed E-state index contributed by atoms with van der Waals surface area (Å²) < 4.78 is 0. The van der Waals surface area contributed by atoms with Gasteiger partial charge in [-0.15, -0.1) is 0 Å². The van der Waals surface area contributed by atoms with Crippen LogP contribution in [0.2, 0.25) is 0 Å². The fourth-order valence-electron chi connectivity index (χ4n) is 3.09. The number of carbonyl (C=O) groups excluding carboxylic acids is 1. The minimum atomic E-state index is -0.0356. The van der Waals surface area contributed by atoms with Crippen LogP contribution in [-0.2, 0) is 4.79 Å². The van der Waals surface area contributed by atoms with Gasteiger partial charge in [-0.25, -0.2) is 4.98 Å². The predicted molar refractivity (Wildman–Crippen MR) is 88.1 cm³/mol. The maximum Gasteiger partial charge on any atom is 0.247 e. The number of anilines is 1. The highest BCUT2D eigenvalue weighted by Crippen LogP contribution is 2.32. The van der Waals surface area contributed by atoms with Gasteiger partial charge in [0.1, 0.15) is 6.04 Å². The van der Waals surface area contributed by atoms with Gasteiger partial charge in [0.25, 0.3) is 0 Å². The standard InChI is InChI=1S/C16H18N4OS/c21-15-13-10-17-6-7-19(13)8-9-20(15)16-18-11-14(22-16)12-4-2-1-3-5-12/h1-5,11,13,17H,6-10H2/t13-/m0/s1. The SMILES string of the molecule is O=C1[C@@H]2CNCCN2CCN1c1ncc(-c2ccccc2)s1. The second-order valence-electron chi connectivity index (χ2n) is 5.62. The number of nitrogens with one attached hydrogen (secondary N) is 1. The lowest BCUT2D eigenvalue weighted by Gasteiger charge is -2.42. The average molecular weight is 314 g/mol. The fourth-order valence-corrected chi connectivity index (χ4v) is 4.04. The second-order valence-corrected chi connectivity index (χ2v) is 6.63. The van der Waals surface area contributed by atoms with Crippen molar-refractivity contribution in [2.24, 2.45) is 0 Å². The largest absolute Gasteiger partial charge is 0.313 e. The minimum Gasteiger partial charge on any atom is -0.313 e. The average Bonchev–Trinajstić information content (AvgIpc) is 3.06. The lowest BCUT2D eigenvalue weighted by atomic mass is 10.1. The predicted octanol–water partition coefficient (Wildman–Crippen LogP) is 1.43. The number of amides is 1. The highest BCUT2D eigenvalue weighted by atomic mass is 32.1. The summed E-state index contributed by atoms with van der Waals surface area (Å²) in [5.74, 6) is 0.174. The third-order valence-electron chi connectivity index (χ3n) is 4.30. The number of thiazole rings is 1. The normalized spacial score (nSPS) is 22.6. The number of hydrogen-bond donors (Lipinski definition) is 1. The Labute approximate surface area is 133 Å². The Balaban J connectivity index is 1.57. The van der Waals surface area contributed by atoms with Crippen molar-refractivity contribution in [2.45, 2.75) is 6.04 Å². The van der Waals surface area contributed by atoms with Gasteiger partial charge in [0.05, 0.1) is 4.88 Å². The summed E-state index contributed by atoms with van der Waals surface area (Å²) in [4.78, 5) is 22.4. The van der Waals surface area contributed by atoms with E-state index in [1.807, 2.05) is 29.3 Å². The number of piperazine rings is 2. The van der Waals surface area contributed by atoms with E-state index in [2.05, 4.69) is 27.3 Å². The number of aromatic nitrogens is 1. The molecule has 0 aliphatic carbocycles. The van der Waals surface area contributed by atoms with Crippen molar-refractivity contribution in [1.29, 1.82) is 0 Å². The summed E-state index contributed by atoms with van der Waals surface area (Å²) in [6.45, 7) is 4.33. The monoisotopic (exact) mass is 314 g/mol. The highest BCUT2D eigenvalue weighted by Gasteiger charge is 2.37. The Morgan fingerprint density at radius 1 is 1.18 bits per heavy atom. The maximum absolute atomic E-state index is 12.7. The summed E-state index contributed by atoms with van der Waals surface area (Å²) in [5.41, 5.74) is 1.15. The molecule has 1 aromatic heterocycles. The van der Waals surface area contributed by atoms with Gasteiger partial charge >= 0.3 is 0 Å². The van der Waals surface area contributed by atoms with E-state index in [1.165, 1.54) is 0 Å². The van der Waals surface area contributed by atoms with Crippen LogP contribution in [0.3, 0.4) is 0 Å². The summed E-state index contributed by atoms with van der Waals surface area (Å²) in [6, 6.07) is 10.2. The molecule has 2 fully saturated rings. The number of benzene rings is 1. The van der Waals surface area contributed by atoms with Crippen LogP contribution >= 0.6 is 11.3 Å². The van der Waals surface area contributed by atoms with Crippen LogP contribution in [0.1, 0.15) is 0 Å². The summed E-state index contributed by atoms with van der Waals surface area (Å²) in [7, 11) is 0. The van der Waals surface area contributed by atoms with Crippen molar-refractivity contribution in [1.82, 2.24) is 15.2 Å². The maximum atomic E-state index is 12.7. The number of carbonyl (C=O) groups is 1. The molecule has 5 nitrogen and oxygen atoms in total. The van der Waals surface area contributed by atoms with Crippen molar-refractivity contribution in [3.8, 4) is 10.4 Å². The van der Waals surface area contributed by atoms with Gasteiger partial charge in [-0.2, -0.15) is 0 Å². The smallest absolute Gasteiger partial charge is 0.247 e. The van der Waals surface area contributed by atoms with E-state index in [-0.39, 0.29) is 11.9 Å². The van der Waals surface area contributed by atoms with E-state index in [9.17, 15) is 4.79 Å². The molecule has 1 amide bonds. The number of fused-ring (bicyclic) bond motifs is 1. The van der Waals surface area contributed by atoms with E-state index in [0.29, 0.717) is 0 Å². The molecule has 1 aromatic carbocycles. The molecule has 0 unspecified atom stereocenters. The van der Waals surface area contributed by atoms with E-state index < -0.39 is 0 Å². The molecule has 0 saturated carbocycles. The van der Waals surface area contributed by atoms with Crippen LogP contribution in [-0.4, -0.2) is 54.6 Å². The molecule has 4 rings (SSSR count). The zero-order valence-corrected chi connectivity index (χ0v) is 13.1. The Hall–Kier alpha value is -1.76.